The molecule has 2 aromatic carbocycles. The number of hydrogen-bond acceptors (Lipinski definition) is 3. The number of nitrogens with one attached hydrogen (secondary N) is 1. The molecule has 0 atom stereocenters. The zero-order chi connectivity index (χ0) is 17.9. The molecule has 0 saturated carbocycles. The van der Waals surface area contributed by atoms with Gasteiger partial charge in [0.05, 0.1) is 10.6 Å². The number of sulfonamides is 1. The van der Waals surface area contributed by atoms with Crippen molar-refractivity contribution in [2.24, 2.45) is 0 Å². The first-order valence-electron chi connectivity index (χ1n) is 7.32. The quantitative estimate of drug-likeness (QED) is 0.884. The molecule has 24 heavy (non-hydrogen) atoms. The van der Waals surface area contributed by atoms with Crippen LogP contribution in [-0.2, 0) is 14.8 Å². The minimum Gasteiger partial charge on any atom is -0.358 e. The number of likely N-dealkylation sites (N-methyl/N-ethyl adjacent to an activating group) is 1. The van der Waals surface area contributed by atoms with Crippen LogP contribution in [0.15, 0.2) is 47.4 Å². The van der Waals surface area contributed by atoms with Gasteiger partial charge in [0.1, 0.15) is 6.54 Å². The minimum absolute atomic E-state index is 0.122. The molecule has 2 rings (SSSR count). The normalized spacial score (nSPS) is 11.2. The molecule has 2 aromatic rings. The highest BCUT2D eigenvalue weighted by Gasteiger charge is 2.28. The molecule has 0 saturated heterocycles. The summed E-state index contributed by atoms with van der Waals surface area (Å²) in [5.74, 6) is -0.412. The average molecular weight is 367 g/mol. The number of aryl methyl sites for hydroxylation is 1. The van der Waals surface area contributed by atoms with Crippen molar-refractivity contribution in [3.63, 3.8) is 0 Å². The molecule has 0 radical (unpaired) electrons. The molecule has 1 N–H and O–H groups in total. The van der Waals surface area contributed by atoms with E-state index in [1.807, 2.05) is 6.92 Å². The van der Waals surface area contributed by atoms with Gasteiger partial charge >= 0.3 is 0 Å². The number of hydrogen-bond donors (Lipinski definition) is 1. The van der Waals surface area contributed by atoms with Gasteiger partial charge in [0, 0.05) is 12.1 Å². The Morgan fingerprint density at radius 1 is 1.12 bits per heavy atom. The van der Waals surface area contributed by atoms with Crippen molar-refractivity contribution in [2.45, 2.75) is 18.7 Å². The Morgan fingerprint density at radius 2 is 1.75 bits per heavy atom. The van der Waals surface area contributed by atoms with Gasteiger partial charge < -0.3 is 5.32 Å². The highest BCUT2D eigenvalue weighted by atomic mass is 35.5. The third kappa shape index (κ3) is 3.71. The topological polar surface area (TPSA) is 66.5 Å². The van der Waals surface area contributed by atoms with Crippen molar-refractivity contribution in [2.75, 3.05) is 17.9 Å². The van der Waals surface area contributed by atoms with Gasteiger partial charge in [0.15, 0.2) is 0 Å². The van der Waals surface area contributed by atoms with Crippen LogP contribution in [0.3, 0.4) is 0 Å². The van der Waals surface area contributed by atoms with Gasteiger partial charge in [-0.1, -0.05) is 35.4 Å². The summed E-state index contributed by atoms with van der Waals surface area (Å²) < 4.78 is 27.2. The van der Waals surface area contributed by atoms with Gasteiger partial charge in [-0.2, -0.15) is 0 Å². The molecule has 1 amide bonds. The first-order valence-corrected chi connectivity index (χ1v) is 9.14. The molecular weight excluding hydrogens is 348 g/mol. The molecule has 0 bridgehead atoms. The molecule has 0 heterocycles. The first kappa shape index (κ1) is 18.3. The van der Waals surface area contributed by atoms with Gasteiger partial charge in [0.25, 0.3) is 10.0 Å². The van der Waals surface area contributed by atoms with Crippen molar-refractivity contribution in [3.05, 3.63) is 58.6 Å². The number of anilines is 1. The molecule has 0 aromatic heterocycles. The van der Waals surface area contributed by atoms with Gasteiger partial charge in [-0.15, -0.1) is 0 Å². The maximum Gasteiger partial charge on any atom is 0.264 e. The summed E-state index contributed by atoms with van der Waals surface area (Å²) >= 11 is 6.12. The predicted octanol–water partition coefficient (Wildman–Crippen LogP) is 2.90. The van der Waals surface area contributed by atoms with Crippen molar-refractivity contribution < 1.29 is 13.2 Å². The zero-order valence-corrected chi connectivity index (χ0v) is 15.3. The fraction of sp³-hybridized carbons (Fsp3) is 0.235. The molecule has 0 aliphatic carbocycles. The second-order valence-corrected chi connectivity index (χ2v) is 7.65. The van der Waals surface area contributed by atoms with E-state index in [2.05, 4.69) is 5.32 Å². The lowest BCUT2D eigenvalue weighted by Crippen LogP contribution is -2.40. The van der Waals surface area contributed by atoms with Gasteiger partial charge in [-0.05, 0) is 43.7 Å². The van der Waals surface area contributed by atoms with Gasteiger partial charge in [-0.25, -0.2) is 8.42 Å². The highest BCUT2D eigenvalue weighted by Crippen LogP contribution is 2.30. The Hall–Kier alpha value is -2.05. The summed E-state index contributed by atoms with van der Waals surface area (Å²) in [6.45, 7) is 3.27. The van der Waals surface area contributed by atoms with E-state index < -0.39 is 15.9 Å². The molecule has 0 unspecified atom stereocenters. The lowest BCUT2D eigenvalue weighted by molar-refractivity contribution is -0.119. The standard InChI is InChI=1S/C17H19ClN2O3S/c1-12-7-9-14(10-8-12)24(22,23)20(11-17(21)19-3)16-6-4-5-15(18)13(16)2/h4-10H,11H2,1-3H3,(H,19,21). The second-order valence-electron chi connectivity index (χ2n) is 5.38. The zero-order valence-electron chi connectivity index (χ0n) is 13.7. The maximum absolute atomic E-state index is 13.1. The van der Waals surface area contributed by atoms with E-state index in [0.717, 1.165) is 9.87 Å². The fourth-order valence-electron chi connectivity index (χ4n) is 2.21. The number of halogens is 1. The molecule has 0 aliphatic rings. The molecular formula is C17H19ClN2O3S. The SMILES string of the molecule is CNC(=O)CN(c1cccc(Cl)c1C)S(=O)(=O)c1ccc(C)cc1. The number of carbonyl (C=O) groups is 1. The van der Waals surface area contributed by atoms with Crippen LogP contribution in [0.25, 0.3) is 0 Å². The Bertz CT molecular complexity index is 849. The van der Waals surface area contributed by atoms with Crippen LogP contribution >= 0.6 is 11.6 Å². The number of carbonyl (C=O) groups excluding carboxylic acids is 1. The van der Waals surface area contributed by atoms with Crippen LogP contribution < -0.4 is 9.62 Å². The van der Waals surface area contributed by atoms with Crippen molar-refractivity contribution in [3.8, 4) is 0 Å². The van der Waals surface area contributed by atoms with E-state index in [1.165, 1.54) is 19.2 Å². The fourth-order valence-corrected chi connectivity index (χ4v) is 3.86. The Balaban J connectivity index is 2.59. The van der Waals surface area contributed by atoms with Crippen molar-refractivity contribution >= 4 is 33.2 Å². The minimum atomic E-state index is -3.90. The summed E-state index contributed by atoms with van der Waals surface area (Å²) in [4.78, 5) is 12.0. The number of nitrogens with zero attached hydrogens (tertiary/aromatic N) is 1. The van der Waals surface area contributed by atoms with E-state index >= 15 is 0 Å². The third-order valence-corrected chi connectivity index (χ3v) is 5.87. The lowest BCUT2D eigenvalue weighted by atomic mass is 10.2. The van der Waals surface area contributed by atoms with Crippen LogP contribution in [-0.4, -0.2) is 27.9 Å². The van der Waals surface area contributed by atoms with Crippen LogP contribution in [0.4, 0.5) is 5.69 Å². The van der Waals surface area contributed by atoms with Crippen molar-refractivity contribution in [1.29, 1.82) is 0 Å². The van der Waals surface area contributed by atoms with E-state index in [9.17, 15) is 13.2 Å². The molecule has 0 fully saturated rings. The largest absolute Gasteiger partial charge is 0.358 e. The Labute approximate surface area is 147 Å². The summed E-state index contributed by atoms with van der Waals surface area (Å²) in [6.07, 6.45) is 0. The van der Waals surface area contributed by atoms with Gasteiger partial charge in [0.2, 0.25) is 5.91 Å². The van der Waals surface area contributed by atoms with E-state index in [4.69, 9.17) is 11.6 Å². The molecule has 0 aliphatic heterocycles. The average Bonchev–Trinajstić information content (AvgIpc) is 2.55. The Morgan fingerprint density at radius 3 is 2.33 bits per heavy atom. The van der Waals surface area contributed by atoms with Crippen LogP contribution in [0.5, 0.6) is 0 Å². The maximum atomic E-state index is 13.1. The number of benzene rings is 2. The smallest absolute Gasteiger partial charge is 0.264 e. The number of amides is 1. The van der Waals surface area contributed by atoms with Crippen molar-refractivity contribution in [1.82, 2.24) is 5.32 Å². The van der Waals surface area contributed by atoms with Crippen LogP contribution in [0.2, 0.25) is 5.02 Å². The van der Waals surface area contributed by atoms with E-state index in [0.29, 0.717) is 16.3 Å². The van der Waals surface area contributed by atoms with E-state index in [1.54, 1.807) is 37.3 Å². The summed E-state index contributed by atoms with van der Waals surface area (Å²) in [5, 5.41) is 2.89. The summed E-state index contributed by atoms with van der Waals surface area (Å²) in [6, 6.07) is 11.5. The molecule has 128 valence electrons. The monoisotopic (exact) mass is 366 g/mol. The molecule has 5 nitrogen and oxygen atoms in total. The van der Waals surface area contributed by atoms with Crippen LogP contribution in [0.1, 0.15) is 11.1 Å². The lowest BCUT2D eigenvalue weighted by Gasteiger charge is -2.25. The molecule has 0 spiro atoms. The summed E-state index contributed by atoms with van der Waals surface area (Å²) in [5.41, 5.74) is 1.93. The van der Waals surface area contributed by atoms with E-state index in [-0.39, 0.29) is 11.4 Å². The number of rotatable bonds is 5. The van der Waals surface area contributed by atoms with Gasteiger partial charge in [-0.3, -0.25) is 9.10 Å². The second kappa shape index (κ2) is 7.23. The molecule has 7 heteroatoms. The summed E-state index contributed by atoms with van der Waals surface area (Å²) in [7, 11) is -2.44. The highest BCUT2D eigenvalue weighted by molar-refractivity contribution is 7.92. The predicted molar refractivity (Wildman–Crippen MR) is 96.0 cm³/mol. The third-order valence-electron chi connectivity index (χ3n) is 3.68. The van der Waals surface area contributed by atoms with Crippen LogP contribution in [0, 0.1) is 13.8 Å². The Kier molecular flexibility index (Phi) is 5.51. The first-order chi connectivity index (χ1) is 11.3.